The van der Waals surface area contributed by atoms with E-state index in [9.17, 15) is 62.4 Å². The molecule has 0 spiro atoms. The van der Waals surface area contributed by atoms with E-state index >= 15 is 0 Å². The third kappa shape index (κ3) is 24.0. The SMILES string of the molecule is CC(C)(C)OC(=O)N1CC(CC(CNc2cccc(S(=O)(=O)NC(=O)c3ccc(-n4ccc(OCCC5(C(F)(F)F)CC5)n4)nc3Cl)n2)c2ccccc2)CC1(C)C.CC(C)(C)OC(=O)N1CC(CC(CNc2cccc(S(N)(=O)=O)n2)c2ccccc2)CC1(C)C.O=C(O)c1ccc(-n2ccc(OCCC3(C(F)(F)F)CC3)n2)nc1Cl. The van der Waals surface area contributed by atoms with E-state index in [2.05, 4.69) is 66.7 Å². The minimum Gasteiger partial charge on any atom is -0.478 e. The number of carboxylic acids is 1. The molecule has 2 saturated heterocycles. The van der Waals surface area contributed by atoms with Crippen molar-refractivity contribution in [3.05, 3.63) is 178 Å². The van der Waals surface area contributed by atoms with Crippen molar-refractivity contribution in [1.82, 2.24) is 54.0 Å². The number of aromatic nitrogens is 8. The van der Waals surface area contributed by atoms with Gasteiger partial charge in [0.1, 0.15) is 33.1 Å². The summed E-state index contributed by atoms with van der Waals surface area (Å²) in [6.45, 7) is 21.3. The van der Waals surface area contributed by atoms with Crippen LogP contribution in [0.3, 0.4) is 0 Å². The summed E-state index contributed by atoms with van der Waals surface area (Å²) in [6.07, 6.45) is -2.79. The molecule has 4 fully saturated rings. The number of benzene rings is 2. The molecule has 117 heavy (non-hydrogen) atoms. The van der Waals surface area contributed by atoms with Gasteiger partial charge in [0.2, 0.25) is 11.8 Å². The topological polar surface area (TPSA) is 350 Å². The van der Waals surface area contributed by atoms with Crippen molar-refractivity contribution in [3.63, 3.8) is 0 Å². The highest BCUT2D eigenvalue weighted by molar-refractivity contribution is 7.90. The van der Waals surface area contributed by atoms with Crippen LogP contribution in [0.15, 0.2) is 156 Å². The molecular weight excluding hydrogens is 1610 g/mol. The fourth-order valence-electron chi connectivity index (χ4n) is 14.1. The van der Waals surface area contributed by atoms with Crippen LogP contribution < -0.4 is 30.0 Å². The lowest BCUT2D eigenvalue weighted by atomic mass is 9.85. The molecule has 4 aliphatic rings. The molecule has 27 nitrogen and oxygen atoms in total. The number of hydrogen-bond donors (Lipinski definition) is 5. The van der Waals surface area contributed by atoms with Gasteiger partial charge in [-0.25, -0.2) is 62.0 Å². The second-order valence-electron chi connectivity index (χ2n) is 32.9. The molecule has 632 valence electrons. The third-order valence-corrected chi connectivity index (χ3v) is 23.2. The Morgan fingerprint density at radius 2 is 0.940 bits per heavy atom. The molecular formula is C80H96Cl2F6N14O13S2. The normalized spacial score (nSPS) is 17.8. The molecule has 12 rings (SSSR count). The fraction of sp³-hybridized carbons (Fsp3) is 0.475. The highest BCUT2D eigenvalue weighted by Crippen LogP contribution is 2.61. The summed E-state index contributed by atoms with van der Waals surface area (Å²) < 4.78 is 155. The van der Waals surface area contributed by atoms with E-state index in [0.717, 1.165) is 31.2 Å². The maximum Gasteiger partial charge on any atom is 0.410 e. The van der Waals surface area contributed by atoms with Crippen LogP contribution in [-0.2, 0) is 29.5 Å². The number of likely N-dealkylation sites (tertiary alicyclic amines) is 2. The number of hydrogen-bond acceptors (Lipinski definition) is 20. The highest BCUT2D eigenvalue weighted by atomic mass is 35.5. The Bertz CT molecular complexity index is 5060. The summed E-state index contributed by atoms with van der Waals surface area (Å²) >= 11 is 12.1. The number of nitrogens with one attached hydrogen (secondary N) is 3. The van der Waals surface area contributed by atoms with Gasteiger partial charge in [0.05, 0.1) is 35.2 Å². The Balaban J connectivity index is 0.000000206. The molecule has 4 atom stereocenters. The number of alkyl halides is 6. The summed E-state index contributed by atoms with van der Waals surface area (Å²) in [5.74, 6) is -0.289. The van der Waals surface area contributed by atoms with Crippen LogP contribution in [0.25, 0.3) is 11.6 Å². The van der Waals surface area contributed by atoms with Crippen LogP contribution >= 0.6 is 23.2 Å². The number of ether oxygens (including phenoxy) is 4. The van der Waals surface area contributed by atoms with Crippen LogP contribution in [0.1, 0.15) is 177 Å². The van der Waals surface area contributed by atoms with E-state index < -0.39 is 76.9 Å². The molecule has 8 heterocycles. The Labute approximate surface area is 685 Å². The van der Waals surface area contributed by atoms with Gasteiger partial charge in [-0.15, -0.1) is 10.2 Å². The molecule has 2 aliphatic heterocycles. The lowest BCUT2D eigenvalue weighted by Crippen LogP contribution is -2.45. The van der Waals surface area contributed by atoms with Gasteiger partial charge in [-0.05, 0) is 205 Å². The number of amides is 3. The zero-order valence-corrected chi connectivity index (χ0v) is 69.4. The van der Waals surface area contributed by atoms with E-state index in [4.69, 9.17) is 52.4 Å². The number of aromatic carboxylic acids is 1. The first-order valence-electron chi connectivity index (χ1n) is 37.8. The summed E-state index contributed by atoms with van der Waals surface area (Å²) in [6, 6.07) is 37.5. The number of nitrogens with zero attached hydrogens (tertiary/aromatic N) is 10. The number of anilines is 2. The lowest BCUT2D eigenvalue weighted by molar-refractivity contribution is -0.190. The monoisotopic (exact) mass is 1710 g/mol. The van der Waals surface area contributed by atoms with Crippen LogP contribution in [0.4, 0.5) is 47.6 Å². The second-order valence-corrected chi connectivity index (χ2v) is 36.7. The maximum atomic E-state index is 13.4. The average molecular weight is 1710 g/mol. The van der Waals surface area contributed by atoms with Gasteiger partial charge in [-0.3, -0.25) is 4.79 Å². The number of carbonyl (C=O) groups excluding carboxylic acids is 3. The first-order valence-corrected chi connectivity index (χ1v) is 41.6. The highest BCUT2D eigenvalue weighted by Gasteiger charge is 2.63. The molecule has 2 aliphatic carbocycles. The molecule has 2 saturated carbocycles. The van der Waals surface area contributed by atoms with Crippen molar-refractivity contribution >= 4 is 78.9 Å². The quantitative estimate of drug-likeness (QED) is 0.0236. The molecule has 8 aromatic rings. The van der Waals surface area contributed by atoms with Gasteiger partial charge in [0.15, 0.2) is 21.7 Å². The number of nitrogens with two attached hydrogens (primary N) is 1. The minimum absolute atomic E-state index is 0.0149. The van der Waals surface area contributed by atoms with E-state index in [1.54, 1.807) is 23.1 Å². The molecule has 2 aromatic carbocycles. The van der Waals surface area contributed by atoms with Crippen molar-refractivity contribution < 1.29 is 86.4 Å². The summed E-state index contributed by atoms with van der Waals surface area (Å²) in [5, 5.41) is 27.8. The van der Waals surface area contributed by atoms with Gasteiger partial charge in [-0.1, -0.05) is 96.0 Å². The fourth-order valence-corrected chi connectivity index (χ4v) is 16.0. The molecule has 0 bridgehead atoms. The molecule has 3 amide bonds. The Morgan fingerprint density at radius 1 is 0.547 bits per heavy atom. The lowest BCUT2D eigenvalue weighted by Gasteiger charge is -2.33. The predicted octanol–water partition coefficient (Wildman–Crippen LogP) is 16.2. The molecule has 4 unspecified atom stereocenters. The smallest absolute Gasteiger partial charge is 0.410 e. The van der Waals surface area contributed by atoms with Crippen molar-refractivity contribution in [3.8, 4) is 23.4 Å². The molecule has 37 heteroatoms. The van der Waals surface area contributed by atoms with E-state index in [0.29, 0.717) is 37.9 Å². The van der Waals surface area contributed by atoms with Crippen molar-refractivity contribution in [1.29, 1.82) is 0 Å². The first kappa shape index (κ1) is 89.5. The minimum atomic E-state index is -4.47. The summed E-state index contributed by atoms with van der Waals surface area (Å²) in [5.41, 5.74) is -3.30. The zero-order chi connectivity index (χ0) is 85.5. The summed E-state index contributed by atoms with van der Waals surface area (Å²) in [4.78, 5) is 70.1. The van der Waals surface area contributed by atoms with Crippen molar-refractivity contribution in [2.24, 2.45) is 27.8 Å². The standard InChI is InChI=1S/C40H47ClF3N7O6S.C25H36N4O4S.C15H13ClF3N3O3/c1-37(2,3)57-36(53)50-25-26(23-38(50,4)5)22-28(27-10-7-6-8-11-27)24-45-30-12-9-13-33(46-30)58(54,55)49-35(52)29-14-15-31(47-34(29)41)51-20-16-32(48-51)56-21-19-39(17-18-39)40(42,43)44;1-24(2,3)33-23(30)29-17-18(15-25(29,4)5)14-20(19-10-7-6-8-11-19)16-27-21-12-9-13-22(28-21)34(26,31)32;16-12-9(13(23)24)1-2-10(20-12)22-7-3-11(21-22)25-8-6-14(4-5-14)15(17,18)19/h6-16,20,26,28H,17-19,21-25H2,1-5H3,(H,45,46)(H,49,52);6-13,18,20H,14-17H2,1-5H3,(H,27,28)(H2,26,31,32);1-3,7H,4-6,8H2,(H,23,24). The number of pyridine rings is 4. The van der Waals surface area contributed by atoms with Crippen molar-refractivity contribution in [2.45, 2.75) is 190 Å². The number of rotatable bonds is 27. The molecule has 0 radical (unpaired) electrons. The number of sulfonamides is 2. The summed E-state index contributed by atoms with van der Waals surface area (Å²) in [7, 11) is -8.35. The van der Waals surface area contributed by atoms with E-state index in [1.165, 1.54) is 81.9 Å². The predicted molar refractivity (Wildman–Crippen MR) is 425 cm³/mol. The zero-order valence-electron chi connectivity index (χ0n) is 66.2. The van der Waals surface area contributed by atoms with Crippen LogP contribution in [0.5, 0.6) is 11.8 Å². The maximum absolute atomic E-state index is 13.4. The van der Waals surface area contributed by atoms with Crippen LogP contribution in [0.2, 0.25) is 10.3 Å². The van der Waals surface area contributed by atoms with E-state index in [1.807, 2.05) is 114 Å². The average Bonchev–Trinajstić information content (AvgIpc) is 1.61. The van der Waals surface area contributed by atoms with Crippen LogP contribution in [-0.4, -0.2) is 169 Å². The second kappa shape index (κ2) is 35.8. The van der Waals surface area contributed by atoms with Gasteiger partial charge in [-0.2, -0.15) is 34.8 Å². The molecule has 6 aromatic heterocycles. The third-order valence-electron chi connectivity index (χ3n) is 20.5. The van der Waals surface area contributed by atoms with Gasteiger partial charge in [0, 0.05) is 73.6 Å². The van der Waals surface area contributed by atoms with Crippen LogP contribution in [0, 0.1) is 22.7 Å². The Morgan fingerprint density at radius 3 is 1.31 bits per heavy atom. The number of carbonyl (C=O) groups is 4. The van der Waals surface area contributed by atoms with Gasteiger partial charge >= 0.3 is 30.5 Å². The Hall–Kier alpha value is -9.84. The van der Waals surface area contributed by atoms with Gasteiger partial charge < -0.3 is 44.5 Å². The largest absolute Gasteiger partial charge is 0.478 e. The van der Waals surface area contributed by atoms with Crippen molar-refractivity contribution in [2.75, 3.05) is 50.0 Å². The molecule has 6 N–H and O–H groups in total. The van der Waals surface area contributed by atoms with E-state index in [-0.39, 0.29) is 143 Å². The Kier molecular flexibility index (Phi) is 27.4. The van der Waals surface area contributed by atoms with Gasteiger partial charge in [0.25, 0.3) is 26.0 Å². The number of primary sulfonamides is 1. The number of halogens is 8. The number of carboxylic acid groups (broad SMARTS) is 1. The first-order chi connectivity index (χ1) is 54.6.